The van der Waals surface area contributed by atoms with Crippen molar-refractivity contribution in [3.05, 3.63) is 77.9 Å². The van der Waals surface area contributed by atoms with Crippen LogP contribution in [0.25, 0.3) is 22.6 Å². The zero-order valence-electron chi connectivity index (χ0n) is 18.2. The van der Waals surface area contributed by atoms with Gasteiger partial charge < -0.3 is 14.5 Å². The monoisotopic (exact) mass is 414 g/mol. The molecule has 0 aliphatic rings. The van der Waals surface area contributed by atoms with E-state index in [1.807, 2.05) is 37.3 Å². The number of nitrogens with zero attached hydrogens (tertiary/aromatic N) is 1. The van der Waals surface area contributed by atoms with Crippen LogP contribution in [-0.4, -0.2) is 17.5 Å². The molecule has 0 fully saturated rings. The van der Waals surface area contributed by atoms with Gasteiger partial charge in [-0.25, -0.2) is 4.98 Å². The van der Waals surface area contributed by atoms with E-state index in [1.54, 1.807) is 24.3 Å². The van der Waals surface area contributed by atoms with Crippen LogP contribution in [0.5, 0.6) is 5.75 Å². The second-order valence-corrected chi connectivity index (χ2v) is 8.44. The van der Waals surface area contributed by atoms with Gasteiger partial charge in [0.1, 0.15) is 11.3 Å². The number of ether oxygens (including phenoxy) is 1. The second kappa shape index (κ2) is 8.26. The number of rotatable bonds is 5. The van der Waals surface area contributed by atoms with Gasteiger partial charge in [0, 0.05) is 16.8 Å². The molecule has 4 aromatic rings. The van der Waals surface area contributed by atoms with E-state index in [9.17, 15) is 4.79 Å². The maximum absolute atomic E-state index is 12.6. The number of fused-ring (bicyclic) bond motifs is 1. The molecule has 0 unspecified atom stereocenters. The summed E-state index contributed by atoms with van der Waals surface area (Å²) in [5.41, 5.74) is 4.86. The van der Waals surface area contributed by atoms with Gasteiger partial charge in [-0.1, -0.05) is 32.9 Å². The molecule has 0 radical (unpaired) electrons. The Bertz CT molecular complexity index is 1200. The number of anilines is 1. The molecule has 1 heterocycles. The van der Waals surface area contributed by atoms with Crippen molar-refractivity contribution in [3.63, 3.8) is 0 Å². The zero-order valence-corrected chi connectivity index (χ0v) is 18.2. The molecule has 1 amide bonds. The van der Waals surface area contributed by atoms with Crippen molar-refractivity contribution in [3.8, 4) is 17.2 Å². The van der Waals surface area contributed by atoms with Gasteiger partial charge in [0.2, 0.25) is 5.89 Å². The summed E-state index contributed by atoms with van der Waals surface area (Å²) >= 11 is 0. The van der Waals surface area contributed by atoms with Crippen molar-refractivity contribution in [2.24, 2.45) is 0 Å². The third-order valence-electron chi connectivity index (χ3n) is 5.07. The zero-order chi connectivity index (χ0) is 22.0. The largest absolute Gasteiger partial charge is 0.494 e. The predicted molar refractivity (Wildman–Crippen MR) is 124 cm³/mol. The fourth-order valence-corrected chi connectivity index (χ4v) is 3.31. The Morgan fingerprint density at radius 1 is 1.00 bits per heavy atom. The number of benzene rings is 3. The molecule has 1 N–H and O–H groups in total. The third kappa shape index (κ3) is 4.61. The van der Waals surface area contributed by atoms with Gasteiger partial charge in [0.25, 0.3) is 5.91 Å². The maximum Gasteiger partial charge on any atom is 0.255 e. The molecule has 5 heteroatoms. The second-order valence-electron chi connectivity index (χ2n) is 8.44. The lowest BCUT2D eigenvalue weighted by molar-refractivity contribution is 0.102. The molecule has 3 aromatic carbocycles. The van der Waals surface area contributed by atoms with Crippen LogP contribution in [0.4, 0.5) is 5.69 Å². The topological polar surface area (TPSA) is 64.4 Å². The van der Waals surface area contributed by atoms with E-state index in [0.717, 1.165) is 11.3 Å². The van der Waals surface area contributed by atoms with Crippen molar-refractivity contribution in [1.82, 2.24) is 4.98 Å². The minimum Gasteiger partial charge on any atom is -0.494 e. The lowest BCUT2D eigenvalue weighted by Crippen LogP contribution is -2.11. The molecule has 0 atom stereocenters. The molecule has 4 rings (SSSR count). The van der Waals surface area contributed by atoms with Gasteiger partial charge in [-0.15, -0.1) is 0 Å². The molecular weight excluding hydrogens is 388 g/mol. The van der Waals surface area contributed by atoms with E-state index in [4.69, 9.17) is 9.15 Å². The fraction of sp³-hybridized carbons (Fsp3) is 0.231. The number of nitrogens with one attached hydrogen (secondary N) is 1. The van der Waals surface area contributed by atoms with Crippen LogP contribution >= 0.6 is 0 Å². The number of carbonyl (C=O) groups is 1. The van der Waals surface area contributed by atoms with E-state index in [0.29, 0.717) is 34.8 Å². The molecule has 0 aliphatic heterocycles. The van der Waals surface area contributed by atoms with Crippen LogP contribution in [0.15, 0.2) is 71.1 Å². The summed E-state index contributed by atoms with van der Waals surface area (Å²) in [6, 6.07) is 20.8. The maximum atomic E-state index is 12.6. The van der Waals surface area contributed by atoms with E-state index >= 15 is 0 Å². The molecule has 158 valence electrons. The van der Waals surface area contributed by atoms with E-state index in [2.05, 4.69) is 43.2 Å². The lowest BCUT2D eigenvalue weighted by atomic mass is 9.87. The Morgan fingerprint density at radius 2 is 1.71 bits per heavy atom. The highest BCUT2D eigenvalue weighted by atomic mass is 16.5. The van der Waals surface area contributed by atoms with Crippen molar-refractivity contribution < 1.29 is 13.9 Å². The Labute approximate surface area is 182 Å². The molecule has 0 spiro atoms. The van der Waals surface area contributed by atoms with E-state index in [-0.39, 0.29) is 11.3 Å². The first-order chi connectivity index (χ1) is 14.8. The summed E-state index contributed by atoms with van der Waals surface area (Å²) < 4.78 is 11.3. The SMILES string of the molecule is CCOc1ccc(C(=O)Nc2ccc3oc(-c4ccc(C(C)(C)C)cc4)nc3c2)cc1. The minimum atomic E-state index is -0.191. The first-order valence-electron chi connectivity index (χ1n) is 10.4. The number of carbonyl (C=O) groups excluding carboxylic acids is 1. The van der Waals surface area contributed by atoms with Crippen LogP contribution in [0.3, 0.4) is 0 Å². The Morgan fingerprint density at radius 3 is 2.35 bits per heavy atom. The molecule has 0 aliphatic carbocycles. The fourth-order valence-electron chi connectivity index (χ4n) is 3.31. The first-order valence-corrected chi connectivity index (χ1v) is 10.4. The van der Waals surface area contributed by atoms with Crippen LogP contribution in [0, 0.1) is 0 Å². The molecular formula is C26H26N2O3. The Balaban J connectivity index is 1.52. The Kier molecular flexibility index (Phi) is 5.51. The van der Waals surface area contributed by atoms with Crippen molar-refractivity contribution >= 4 is 22.7 Å². The number of oxazole rings is 1. The predicted octanol–water partition coefficient (Wildman–Crippen LogP) is 6.44. The lowest BCUT2D eigenvalue weighted by Gasteiger charge is -2.18. The summed E-state index contributed by atoms with van der Waals surface area (Å²) in [7, 11) is 0. The summed E-state index contributed by atoms with van der Waals surface area (Å²) in [4.78, 5) is 17.2. The number of amides is 1. The van der Waals surface area contributed by atoms with Crippen LogP contribution in [-0.2, 0) is 5.41 Å². The summed E-state index contributed by atoms with van der Waals surface area (Å²) in [5, 5.41) is 2.91. The molecule has 31 heavy (non-hydrogen) atoms. The Hall–Kier alpha value is -3.60. The highest BCUT2D eigenvalue weighted by molar-refractivity contribution is 6.05. The van der Waals surface area contributed by atoms with Crippen molar-refractivity contribution in [1.29, 1.82) is 0 Å². The summed E-state index contributed by atoms with van der Waals surface area (Å²) in [6.45, 7) is 9.07. The molecule has 0 bridgehead atoms. The highest BCUT2D eigenvalue weighted by Gasteiger charge is 2.15. The highest BCUT2D eigenvalue weighted by Crippen LogP contribution is 2.29. The van der Waals surface area contributed by atoms with Gasteiger partial charge in [0.15, 0.2) is 5.58 Å². The van der Waals surface area contributed by atoms with Gasteiger partial charge in [-0.2, -0.15) is 0 Å². The standard InChI is InChI=1S/C26H26N2O3/c1-5-30-21-13-8-17(9-14-21)24(29)27-20-12-15-23-22(16-20)28-25(31-23)18-6-10-19(11-7-18)26(2,3)4/h6-16H,5H2,1-4H3,(H,27,29). The summed E-state index contributed by atoms with van der Waals surface area (Å²) in [6.07, 6.45) is 0. The minimum absolute atomic E-state index is 0.0935. The molecule has 5 nitrogen and oxygen atoms in total. The van der Waals surface area contributed by atoms with Gasteiger partial charge in [0.05, 0.1) is 6.61 Å². The number of hydrogen-bond acceptors (Lipinski definition) is 4. The van der Waals surface area contributed by atoms with Crippen molar-refractivity contribution in [2.75, 3.05) is 11.9 Å². The average Bonchev–Trinajstić information content (AvgIpc) is 3.17. The quantitative estimate of drug-likeness (QED) is 0.408. The van der Waals surface area contributed by atoms with Gasteiger partial charge in [-0.3, -0.25) is 4.79 Å². The van der Waals surface area contributed by atoms with Crippen LogP contribution in [0.2, 0.25) is 0 Å². The molecule has 0 saturated carbocycles. The average molecular weight is 415 g/mol. The van der Waals surface area contributed by atoms with E-state index in [1.165, 1.54) is 5.56 Å². The molecule has 0 saturated heterocycles. The molecule has 1 aromatic heterocycles. The van der Waals surface area contributed by atoms with Crippen molar-refractivity contribution in [2.45, 2.75) is 33.1 Å². The third-order valence-corrected chi connectivity index (χ3v) is 5.07. The first kappa shape index (κ1) is 20.7. The van der Waals surface area contributed by atoms with Crippen LogP contribution < -0.4 is 10.1 Å². The van der Waals surface area contributed by atoms with Gasteiger partial charge in [-0.05, 0) is 72.5 Å². The summed E-state index contributed by atoms with van der Waals surface area (Å²) in [5.74, 6) is 1.11. The van der Waals surface area contributed by atoms with E-state index < -0.39 is 0 Å². The normalized spacial score (nSPS) is 11.5. The number of hydrogen-bond donors (Lipinski definition) is 1. The number of aromatic nitrogens is 1. The van der Waals surface area contributed by atoms with Crippen LogP contribution in [0.1, 0.15) is 43.6 Å². The smallest absolute Gasteiger partial charge is 0.255 e. The van der Waals surface area contributed by atoms with Gasteiger partial charge >= 0.3 is 0 Å².